The van der Waals surface area contributed by atoms with Gasteiger partial charge in [0.2, 0.25) is 0 Å². The quantitative estimate of drug-likeness (QED) is 0.599. The first-order valence-corrected chi connectivity index (χ1v) is 11.4. The van der Waals surface area contributed by atoms with Crippen LogP contribution in [0.4, 0.5) is 0 Å². The fourth-order valence-corrected chi connectivity index (χ4v) is 6.14. The number of benzene rings is 3. The Balaban J connectivity index is 1.89. The molecule has 0 amide bonds. The van der Waals surface area contributed by atoms with Gasteiger partial charge in [-0.05, 0) is 41.5 Å². The molecule has 4 rings (SSSR count). The molecule has 3 aromatic rings. The van der Waals surface area contributed by atoms with E-state index in [0.717, 1.165) is 21.9 Å². The first-order chi connectivity index (χ1) is 15.4. The zero-order valence-corrected chi connectivity index (χ0v) is 19.0. The van der Waals surface area contributed by atoms with Crippen molar-refractivity contribution < 1.29 is 23.3 Å². The molecular weight excluding hydrogens is 426 g/mol. The average molecular weight is 452 g/mol. The van der Waals surface area contributed by atoms with E-state index < -0.39 is 39.6 Å². The molecule has 1 fully saturated rings. The average Bonchev–Trinajstić information content (AvgIpc) is 3.24. The Labute approximate surface area is 189 Å². The summed E-state index contributed by atoms with van der Waals surface area (Å²) in [6, 6.07) is 19.3. The minimum atomic E-state index is -1.80. The molecule has 0 aromatic heterocycles. The van der Waals surface area contributed by atoms with E-state index in [4.69, 9.17) is 9.47 Å². The fraction of sp³-hybridized carbons (Fsp3) is 0.280. The van der Waals surface area contributed by atoms with E-state index in [-0.39, 0.29) is 6.42 Å². The minimum Gasteiger partial charge on any atom is -0.468 e. The van der Waals surface area contributed by atoms with Crippen LogP contribution in [0.1, 0.15) is 23.6 Å². The van der Waals surface area contributed by atoms with E-state index >= 15 is 0 Å². The molecule has 1 N–H and O–H groups in total. The highest BCUT2D eigenvalue weighted by molar-refractivity contribution is 7.87. The van der Waals surface area contributed by atoms with E-state index in [2.05, 4.69) is 5.32 Å². The monoisotopic (exact) mass is 451 g/mol. The van der Waals surface area contributed by atoms with Gasteiger partial charge >= 0.3 is 11.9 Å². The van der Waals surface area contributed by atoms with Gasteiger partial charge in [-0.3, -0.25) is 19.1 Å². The molecule has 0 bridgehead atoms. The summed E-state index contributed by atoms with van der Waals surface area (Å²) in [4.78, 5) is 26.3. The van der Waals surface area contributed by atoms with Crippen molar-refractivity contribution in [3.8, 4) is 0 Å². The zero-order chi connectivity index (χ0) is 22.9. The lowest BCUT2D eigenvalue weighted by Crippen LogP contribution is -2.48. The Morgan fingerprint density at radius 1 is 0.969 bits per heavy atom. The molecule has 0 spiro atoms. The Kier molecular flexibility index (Phi) is 6.13. The van der Waals surface area contributed by atoms with Crippen molar-refractivity contribution in [2.45, 2.75) is 35.1 Å². The van der Waals surface area contributed by atoms with Crippen molar-refractivity contribution >= 4 is 33.5 Å². The van der Waals surface area contributed by atoms with Gasteiger partial charge in [0.25, 0.3) is 0 Å². The zero-order valence-electron chi connectivity index (χ0n) is 18.2. The molecule has 6 nitrogen and oxygen atoms in total. The van der Waals surface area contributed by atoms with E-state index in [0.29, 0.717) is 4.90 Å². The van der Waals surface area contributed by atoms with Crippen LogP contribution >= 0.6 is 0 Å². The van der Waals surface area contributed by atoms with E-state index in [9.17, 15) is 13.8 Å². The van der Waals surface area contributed by atoms with Gasteiger partial charge in [-0.15, -0.1) is 0 Å². The standard InChI is InChI=1S/C25H25NO5S/c1-16-8-12-20(13-9-16)32(29)25(24(28)31-3)15-21(23(27)30-2)26-22(25)19-11-10-17-6-4-5-7-18(17)14-19/h4-14,21-22,26H,15H2,1-3H3/t21-,22+,25-,32-/m0/s1. The maximum atomic E-state index is 14.0. The van der Waals surface area contributed by atoms with Gasteiger partial charge in [0.1, 0.15) is 6.04 Å². The highest BCUT2D eigenvalue weighted by Crippen LogP contribution is 2.45. The smallest absolute Gasteiger partial charge is 0.327 e. The van der Waals surface area contributed by atoms with Crippen LogP contribution in [-0.2, 0) is 29.9 Å². The minimum absolute atomic E-state index is 0.00960. The summed E-state index contributed by atoms with van der Waals surface area (Å²) in [7, 11) is 0.769. The van der Waals surface area contributed by atoms with Crippen LogP contribution in [-0.4, -0.2) is 41.2 Å². The molecule has 1 aliphatic heterocycles. The molecule has 0 aliphatic carbocycles. The molecule has 1 aliphatic rings. The molecule has 0 saturated carbocycles. The van der Waals surface area contributed by atoms with Crippen LogP contribution in [0.25, 0.3) is 10.8 Å². The van der Waals surface area contributed by atoms with Gasteiger partial charge in [-0.2, -0.15) is 0 Å². The summed E-state index contributed by atoms with van der Waals surface area (Å²) in [5, 5.41) is 5.25. The number of esters is 2. The molecule has 1 saturated heterocycles. The molecule has 7 heteroatoms. The number of carbonyl (C=O) groups is 2. The number of fused-ring (bicyclic) bond motifs is 1. The van der Waals surface area contributed by atoms with Crippen LogP contribution in [0, 0.1) is 6.92 Å². The van der Waals surface area contributed by atoms with Gasteiger partial charge in [-0.25, -0.2) is 0 Å². The fourth-order valence-electron chi connectivity index (χ4n) is 4.37. The van der Waals surface area contributed by atoms with Gasteiger partial charge in [0.15, 0.2) is 4.75 Å². The third kappa shape index (κ3) is 3.72. The first kappa shape index (κ1) is 22.2. The van der Waals surface area contributed by atoms with Crippen LogP contribution in [0.2, 0.25) is 0 Å². The van der Waals surface area contributed by atoms with Gasteiger partial charge < -0.3 is 9.47 Å². The van der Waals surface area contributed by atoms with E-state index in [1.807, 2.05) is 61.5 Å². The van der Waals surface area contributed by atoms with Crippen molar-refractivity contribution in [3.63, 3.8) is 0 Å². The van der Waals surface area contributed by atoms with E-state index in [1.54, 1.807) is 12.1 Å². The Hall–Kier alpha value is -3.03. The normalized spacial score (nSPS) is 23.6. The number of ether oxygens (including phenoxy) is 2. The second kappa shape index (κ2) is 8.84. The summed E-state index contributed by atoms with van der Waals surface area (Å²) < 4.78 is 22.6. The highest BCUT2D eigenvalue weighted by atomic mass is 32.2. The van der Waals surface area contributed by atoms with Crippen LogP contribution in [0.3, 0.4) is 0 Å². The number of hydrogen-bond donors (Lipinski definition) is 1. The Morgan fingerprint density at radius 3 is 2.31 bits per heavy atom. The van der Waals surface area contributed by atoms with Crippen molar-refractivity contribution in [1.29, 1.82) is 0 Å². The van der Waals surface area contributed by atoms with Crippen LogP contribution in [0.15, 0.2) is 71.6 Å². The summed E-state index contributed by atoms with van der Waals surface area (Å²) in [6.07, 6.45) is -0.00960. The highest BCUT2D eigenvalue weighted by Gasteiger charge is 2.60. The molecule has 1 heterocycles. The first-order valence-electron chi connectivity index (χ1n) is 10.3. The molecule has 4 atom stereocenters. The summed E-state index contributed by atoms with van der Waals surface area (Å²) in [5.41, 5.74) is 1.77. The number of nitrogens with one attached hydrogen (secondary N) is 1. The molecule has 0 radical (unpaired) electrons. The number of aryl methyl sites for hydroxylation is 1. The van der Waals surface area contributed by atoms with Crippen molar-refractivity contribution in [3.05, 3.63) is 77.9 Å². The summed E-state index contributed by atoms with van der Waals surface area (Å²) in [5.74, 6) is -1.14. The second-order valence-corrected chi connectivity index (χ2v) is 9.69. The molecule has 166 valence electrons. The third-order valence-electron chi connectivity index (χ3n) is 6.03. The lowest BCUT2D eigenvalue weighted by Gasteiger charge is -2.31. The Morgan fingerprint density at radius 2 is 1.66 bits per heavy atom. The van der Waals surface area contributed by atoms with Crippen LogP contribution < -0.4 is 5.32 Å². The maximum absolute atomic E-state index is 14.0. The number of methoxy groups -OCH3 is 2. The summed E-state index contributed by atoms with van der Waals surface area (Å²) >= 11 is 0. The molecular formula is C25H25NO5S. The van der Waals surface area contributed by atoms with Crippen molar-refractivity contribution in [2.24, 2.45) is 0 Å². The summed E-state index contributed by atoms with van der Waals surface area (Å²) in [6.45, 7) is 1.94. The topological polar surface area (TPSA) is 81.7 Å². The van der Waals surface area contributed by atoms with Gasteiger partial charge in [-0.1, -0.05) is 54.1 Å². The predicted molar refractivity (Wildman–Crippen MR) is 123 cm³/mol. The number of hydrogen-bond acceptors (Lipinski definition) is 6. The molecule has 3 aromatic carbocycles. The number of rotatable bonds is 5. The van der Waals surface area contributed by atoms with Gasteiger partial charge in [0, 0.05) is 11.3 Å². The maximum Gasteiger partial charge on any atom is 0.327 e. The SMILES string of the molecule is COC(=O)[C@@H]1C[C@](C(=O)OC)([S@@](=O)c2ccc(C)cc2)[C@@H](c2ccc3ccccc3c2)N1. The lowest BCUT2D eigenvalue weighted by atomic mass is 9.91. The molecule has 32 heavy (non-hydrogen) atoms. The van der Waals surface area contributed by atoms with Gasteiger partial charge in [0.05, 0.1) is 31.1 Å². The Bertz CT molecular complexity index is 1190. The van der Waals surface area contributed by atoms with E-state index in [1.165, 1.54) is 14.2 Å². The van der Waals surface area contributed by atoms with Crippen molar-refractivity contribution in [1.82, 2.24) is 5.32 Å². The lowest BCUT2D eigenvalue weighted by molar-refractivity contribution is -0.144. The second-order valence-electron chi connectivity index (χ2n) is 7.95. The van der Waals surface area contributed by atoms with Crippen molar-refractivity contribution in [2.75, 3.05) is 14.2 Å². The predicted octanol–water partition coefficient (Wildman–Crippen LogP) is 3.44. The molecule has 0 unspecified atom stereocenters. The largest absolute Gasteiger partial charge is 0.468 e. The van der Waals surface area contributed by atoms with Crippen LogP contribution in [0.5, 0.6) is 0 Å². The number of carbonyl (C=O) groups excluding carboxylic acids is 2. The third-order valence-corrected chi connectivity index (χ3v) is 7.96.